The Labute approximate surface area is 240 Å². The molecule has 0 bridgehead atoms. The highest BCUT2D eigenvalue weighted by Gasteiger charge is 2.43. The Kier molecular flexibility index (Phi) is 13.7. The van der Waals surface area contributed by atoms with Crippen LogP contribution < -0.4 is 4.90 Å². The van der Waals surface area contributed by atoms with Gasteiger partial charge in [-0.25, -0.2) is 4.79 Å². The van der Waals surface area contributed by atoms with Gasteiger partial charge in [-0.1, -0.05) is 96.8 Å². The first-order valence-corrected chi connectivity index (χ1v) is 15.1. The highest BCUT2D eigenvalue weighted by atomic mass is 16.6. The molecule has 40 heavy (non-hydrogen) atoms. The largest absolute Gasteiger partial charge is 0.480 e. The average molecular weight is 553 g/mol. The van der Waals surface area contributed by atoms with Crippen LogP contribution in [0.5, 0.6) is 0 Å². The number of carbonyl (C=O) groups excluding carboxylic acids is 2. The number of carboxylic acid groups (broad SMARTS) is 1. The van der Waals surface area contributed by atoms with Crippen molar-refractivity contribution in [2.45, 2.75) is 111 Å². The Morgan fingerprint density at radius 1 is 0.900 bits per heavy atom. The summed E-state index contributed by atoms with van der Waals surface area (Å²) in [7, 11) is 0. The van der Waals surface area contributed by atoms with Gasteiger partial charge in [0.15, 0.2) is 0 Å². The molecule has 1 unspecified atom stereocenters. The van der Waals surface area contributed by atoms with Gasteiger partial charge >= 0.3 is 12.1 Å². The SMILES string of the molecule is CC.CC.CCCC(CCC)OC(=O)N1c2ccccc2C[C@@H]1C(=O)N(CC(=O)O)C1CCc2ccccc2C1. The fourth-order valence-corrected chi connectivity index (χ4v) is 5.58. The molecule has 0 fully saturated rings. The van der Waals surface area contributed by atoms with E-state index in [4.69, 9.17) is 4.74 Å². The molecule has 0 spiro atoms. The number of anilines is 1. The van der Waals surface area contributed by atoms with Gasteiger partial charge in [0.05, 0.1) is 5.69 Å². The zero-order chi connectivity index (χ0) is 29.7. The molecule has 2 amide bonds. The molecule has 2 aromatic carbocycles. The summed E-state index contributed by atoms with van der Waals surface area (Å²) in [4.78, 5) is 42.3. The second-order valence-corrected chi connectivity index (χ2v) is 9.83. The summed E-state index contributed by atoms with van der Waals surface area (Å²) in [5.41, 5.74) is 3.94. The average Bonchev–Trinajstić information content (AvgIpc) is 3.37. The highest BCUT2D eigenvalue weighted by molar-refractivity contribution is 6.01. The van der Waals surface area contributed by atoms with E-state index in [2.05, 4.69) is 19.9 Å². The second-order valence-electron chi connectivity index (χ2n) is 9.83. The fourth-order valence-electron chi connectivity index (χ4n) is 5.58. The summed E-state index contributed by atoms with van der Waals surface area (Å²) >= 11 is 0. The number of para-hydroxylation sites is 1. The minimum absolute atomic E-state index is 0.207. The molecule has 1 heterocycles. The van der Waals surface area contributed by atoms with Gasteiger partial charge in [0.25, 0.3) is 0 Å². The first kappa shape index (κ1) is 32.9. The van der Waals surface area contributed by atoms with Crippen LogP contribution in [0.3, 0.4) is 0 Å². The summed E-state index contributed by atoms with van der Waals surface area (Å²) in [6.45, 7) is 11.7. The highest BCUT2D eigenvalue weighted by Crippen LogP contribution is 2.35. The fraction of sp³-hybridized carbons (Fsp3) is 0.545. The van der Waals surface area contributed by atoms with E-state index in [1.54, 1.807) is 0 Å². The van der Waals surface area contributed by atoms with Crippen molar-refractivity contribution in [3.63, 3.8) is 0 Å². The molecule has 1 aliphatic heterocycles. The molecular formula is C33H48N2O5. The third kappa shape index (κ3) is 8.09. The zero-order valence-corrected chi connectivity index (χ0v) is 25.2. The summed E-state index contributed by atoms with van der Waals surface area (Å²) in [6, 6.07) is 14.5. The minimum atomic E-state index is -1.06. The van der Waals surface area contributed by atoms with Crippen molar-refractivity contribution in [1.82, 2.24) is 4.90 Å². The molecule has 7 heteroatoms. The van der Waals surface area contributed by atoms with Gasteiger partial charge in [0, 0.05) is 12.5 Å². The Morgan fingerprint density at radius 2 is 1.48 bits per heavy atom. The molecule has 0 radical (unpaired) electrons. The number of amides is 2. The van der Waals surface area contributed by atoms with E-state index in [9.17, 15) is 19.5 Å². The van der Waals surface area contributed by atoms with Gasteiger partial charge in [0.2, 0.25) is 5.91 Å². The van der Waals surface area contributed by atoms with E-state index in [1.165, 1.54) is 15.4 Å². The number of carbonyl (C=O) groups is 3. The number of benzene rings is 2. The normalized spacial score (nSPS) is 16.9. The van der Waals surface area contributed by atoms with Crippen molar-refractivity contribution in [3.05, 3.63) is 65.2 Å². The number of ether oxygens (including phenoxy) is 1. The van der Waals surface area contributed by atoms with E-state index in [-0.39, 0.29) is 18.1 Å². The van der Waals surface area contributed by atoms with Crippen molar-refractivity contribution in [2.24, 2.45) is 0 Å². The Bertz CT molecular complexity index is 1100. The van der Waals surface area contributed by atoms with E-state index < -0.39 is 24.6 Å². The van der Waals surface area contributed by atoms with Crippen LogP contribution in [0.2, 0.25) is 0 Å². The van der Waals surface area contributed by atoms with Crippen LogP contribution in [-0.2, 0) is 33.6 Å². The summed E-state index contributed by atoms with van der Waals surface area (Å²) in [6.07, 6.45) is 5.01. The van der Waals surface area contributed by atoms with Crippen molar-refractivity contribution in [1.29, 1.82) is 0 Å². The molecule has 0 saturated heterocycles. The Hall–Kier alpha value is -3.35. The van der Waals surface area contributed by atoms with Crippen LogP contribution in [0.15, 0.2) is 48.5 Å². The lowest BCUT2D eigenvalue weighted by molar-refractivity contribution is -0.147. The molecule has 220 valence electrons. The maximum atomic E-state index is 14.0. The smallest absolute Gasteiger partial charge is 0.415 e. The predicted octanol–water partition coefficient (Wildman–Crippen LogP) is 7.05. The number of rotatable bonds is 9. The molecule has 1 N–H and O–H groups in total. The third-order valence-electron chi connectivity index (χ3n) is 7.30. The van der Waals surface area contributed by atoms with Crippen LogP contribution in [-0.4, -0.2) is 52.7 Å². The minimum Gasteiger partial charge on any atom is -0.480 e. The molecule has 2 atom stereocenters. The number of fused-ring (bicyclic) bond motifs is 2. The summed E-state index contributed by atoms with van der Waals surface area (Å²) in [5.74, 6) is -1.39. The van der Waals surface area contributed by atoms with Crippen molar-refractivity contribution in [2.75, 3.05) is 11.4 Å². The summed E-state index contributed by atoms with van der Waals surface area (Å²) in [5, 5.41) is 9.69. The lowest BCUT2D eigenvalue weighted by atomic mass is 9.87. The molecule has 1 aliphatic carbocycles. The Morgan fingerprint density at radius 3 is 2.08 bits per heavy atom. The maximum absolute atomic E-state index is 14.0. The first-order chi connectivity index (χ1) is 19.4. The van der Waals surface area contributed by atoms with Crippen LogP contribution in [0, 0.1) is 0 Å². The second kappa shape index (κ2) is 16.7. The first-order valence-electron chi connectivity index (χ1n) is 15.1. The maximum Gasteiger partial charge on any atom is 0.415 e. The quantitative estimate of drug-likeness (QED) is 0.360. The third-order valence-corrected chi connectivity index (χ3v) is 7.30. The lowest BCUT2D eigenvalue weighted by Crippen LogP contribution is -2.55. The van der Waals surface area contributed by atoms with E-state index in [1.807, 2.05) is 70.2 Å². The molecule has 2 aliphatic rings. The number of hydrogen-bond acceptors (Lipinski definition) is 4. The van der Waals surface area contributed by atoms with Crippen molar-refractivity contribution in [3.8, 4) is 0 Å². The molecular weight excluding hydrogens is 504 g/mol. The van der Waals surface area contributed by atoms with Gasteiger partial charge < -0.3 is 14.7 Å². The van der Waals surface area contributed by atoms with E-state index in [0.717, 1.165) is 43.2 Å². The van der Waals surface area contributed by atoms with Gasteiger partial charge in [-0.3, -0.25) is 14.5 Å². The van der Waals surface area contributed by atoms with Crippen molar-refractivity contribution < 1.29 is 24.2 Å². The standard InChI is InChI=1S/C29H36N2O5.2C2H6/c1-3-9-24(10-4-2)36-29(35)31-25-14-8-7-13-22(25)18-26(31)28(34)30(19-27(32)33)23-16-15-20-11-5-6-12-21(20)17-23;2*1-2/h5-8,11-14,23-24,26H,3-4,9-10,15-19H2,1-2H3,(H,32,33);2*1-2H3/t23?,26-;;/m1../s1. The Balaban J connectivity index is 0.00000134. The molecule has 2 aromatic rings. The van der Waals surface area contributed by atoms with Gasteiger partial charge in [0.1, 0.15) is 18.7 Å². The van der Waals surface area contributed by atoms with E-state index in [0.29, 0.717) is 24.9 Å². The monoisotopic (exact) mass is 552 g/mol. The van der Waals surface area contributed by atoms with Crippen molar-refractivity contribution >= 4 is 23.7 Å². The molecule has 7 nitrogen and oxygen atoms in total. The predicted molar refractivity (Wildman–Crippen MR) is 161 cm³/mol. The molecule has 4 rings (SSSR count). The number of aryl methyl sites for hydroxylation is 1. The molecule has 0 saturated carbocycles. The van der Waals surface area contributed by atoms with Crippen LogP contribution in [0.25, 0.3) is 0 Å². The number of nitrogens with zero attached hydrogens (tertiary/aromatic N) is 2. The van der Waals surface area contributed by atoms with Crippen LogP contribution in [0.4, 0.5) is 10.5 Å². The number of carboxylic acids is 1. The van der Waals surface area contributed by atoms with Gasteiger partial charge in [-0.2, -0.15) is 0 Å². The van der Waals surface area contributed by atoms with Gasteiger partial charge in [-0.15, -0.1) is 0 Å². The number of hydrogen-bond donors (Lipinski definition) is 1. The zero-order valence-electron chi connectivity index (χ0n) is 25.2. The molecule has 0 aromatic heterocycles. The summed E-state index contributed by atoms with van der Waals surface area (Å²) < 4.78 is 5.91. The van der Waals surface area contributed by atoms with Crippen LogP contribution >= 0.6 is 0 Å². The van der Waals surface area contributed by atoms with Crippen LogP contribution in [0.1, 0.15) is 90.3 Å². The topological polar surface area (TPSA) is 87.2 Å². The lowest BCUT2D eigenvalue weighted by Gasteiger charge is -2.37. The number of aliphatic carboxylic acids is 1. The van der Waals surface area contributed by atoms with Gasteiger partial charge in [-0.05, 0) is 54.9 Å². The van der Waals surface area contributed by atoms with E-state index >= 15 is 0 Å².